The van der Waals surface area contributed by atoms with Crippen LogP contribution in [0.25, 0.3) is 0 Å². The summed E-state index contributed by atoms with van der Waals surface area (Å²) in [6.45, 7) is 1.69. The summed E-state index contributed by atoms with van der Waals surface area (Å²) in [5.74, 6) is 0.288. The van der Waals surface area contributed by atoms with Crippen LogP contribution in [-0.2, 0) is 4.79 Å². The molecule has 1 aromatic heterocycles. The van der Waals surface area contributed by atoms with Crippen LogP contribution in [0.15, 0.2) is 9.64 Å². The zero-order valence-electron chi connectivity index (χ0n) is 7.06. The number of aromatic nitrogens is 2. The lowest BCUT2D eigenvalue weighted by atomic mass is 10.3. The van der Waals surface area contributed by atoms with Crippen molar-refractivity contribution in [3.63, 3.8) is 0 Å². The zero-order valence-corrected chi connectivity index (χ0v) is 7.87. The van der Waals surface area contributed by atoms with Gasteiger partial charge in [0.15, 0.2) is 0 Å². The first-order valence-corrected chi connectivity index (χ1v) is 4.56. The van der Waals surface area contributed by atoms with Crippen molar-refractivity contribution in [3.8, 4) is 0 Å². The standard InChI is InChI=1S/C6H10N4O2S/c1-3-9-10-6(12-3)13-2-4(7)5(8)11/h4H,2,7H2,1H3,(H2,8,11). The van der Waals surface area contributed by atoms with Gasteiger partial charge >= 0.3 is 0 Å². The second kappa shape index (κ2) is 4.24. The van der Waals surface area contributed by atoms with Gasteiger partial charge in [0.2, 0.25) is 11.8 Å². The van der Waals surface area contributed by atoms with Crippen LogP contribution in [0.1, 0.15) is 5.89 Å². The van der Waals surface area contributed by atoms with Gasteiger partial charge in [0.05, 0.1) is 6.04 Å². The molecule has 0 aromatic carbocycles. The van der Waals surface area contributed by atoms with Crippen LogP contribution in [0.4, 0.5) is 0 Å². The molecule has 0 saturated heterocycles. The number of nitrogens with zero attached hydrogens (tertiary/aromatic N) is 2. The summed E-state index contributed by atoms with van der Waals surface area (Å²) in [6, 6.07) is -0.683. The lowest BCUT2D eigenvalue weighted by molar-refractivity contribution is -0.118. The number of nitrogens with two attached hydrogens (primary N) is 2. The third kappa shape index (κ3) is 3.03. The summed E-state index contributed by atoms with van der Waals surface area (Å²) in [5, 5.41) is 7.73. The van der Waals surface area contributed by atoms with Crippen LogP contribution < -0.4 is 11.5 Å². The van der Waals surface area contributed by atoms with Crippen molar-refractivity contribution in [1.29, 1.82) is 0 Å². The highest BCUT2D eigenvalue weighted by Crippen LogP contribution is 2.15. The van der Waals surface area contributed by atoms with Crippen molar-refractivity contribution in [2.75, 3.05) is 5.75 Å². The summed E-state index contributed by atoms with van der Waals surface area (Å²) < 4.78 is 5.05. The molecule has 72 valence electrons. The fraction of sp³-hybridized carbons (Fsp3) is 0.500. The van der Waals surface area contributed by atoms with Gasteiger partial charge < -0.3 is 15.9 Å². The van der Waals surface area contributed by atoms with Crippen LogP contribution >= 0.6 is 11.8 Å². The molecular formula is C6H10N4O2S. The van der Waals surface area contributed by atoms with Crippen LogP contribution in [0.2, 0.25) is 0 Å². The summed E-state index contributed by atoms with van der Waals surface area (Å²) in [7, 11) is 0. The summed E-state index contributed by atoms with van der Waals surface area (Å²) in [6.07, 6.45) is 0. The molecule has 1 rings (SSSR count). The second-order valence-electron chi connectivity index (χ2n) is 2.41. The van der Waals surface area contributed by atoms with Gasteiger partial charge in [-0.2, -0.15) is 0 Å². The minimum absolute atomic E-state index is 0.344. The van der Waals surface area contributed by atoms with Crippen molar-refractivity contribution in [1.82, 2.24) is 10.2 Å². The molecular weight excluding hydrogens is 192 g/mol. The van der Waals surface area contributed by atoms with Crippen LogP contribution in [0, 0.1) is 6.92 Å². The zero-order chi connectivity index (χ0) is 9.84. The van der Waals surface area contributed by atoms with E-state index in [4.69, 9.17) is 15.9 Å². The quantitative estimate of drug-likeness (QED) is 0.624. The van der Waals surface area contributed by atoms with E-state index in [0.29, 0.717) is 16.9 Å². The first-order valence-electron chi connectivity index (χ1n) is 3.57. The molecule has 1 atom stereocenters. The summed E-state index contributed by atoms with van der Waals surface area (Å²) in [5.41, 5.74) is 10.3. The number of rotatable bonds is 4. The Morgan fingerprint density at radius 2 is 2.38 bits per heavy atom. The average molecular weight is 202 g/mol. The maximum absolute atomic E-state index is 10.5. The smallest absolute Gasteiger partial charge is 0.276 e. The Balaban J connectivity index is 2.39. The van der Waals surface area contributed by atoms with Gasteiger partial charge in [-0.05, 0) is 0 Å². The molecule has 6 nitrogen and oxygen atoms in total. The van der Waals surface area contributed by atoms with Crippen molar-refractivity contribution < 1.29 is 9.21 Å². The lowest BCUT2D eigenvalue weighted by Gasteiger charge is -2.02. The number of hydrogen-bond acceptors (Lipinski definition) is 6. The maximum Gasteiger partial charge on any atom is 0.276 e. The van der Waals surface area contributed by atoms with Gasteiger partial charge in [-0.15, -0.1) is 10.2 Å². The van der Waals surface area contributed by atoms with E-state index in [1.54, 1.807) is 6.92 Å². The van der Waals surface area contributed by atoms with Gasteiger partial charge in [-0.25, -0.2) is 0 Å². The van der Waals surface area contributed by atoms with E-state index in [-0.39, 0.29) is 0 Å². The number of carbonyl (C=O) groups is 1. The molecule has 0 aliphatic carbocycles. The Morgan fingerprint density at radius 3 is 2.85 bits per heavy atom. The Hall–Kier alpha value is -1.08. The molecule has 1 aromatic rings. The molecule has 0 aliphatic heterocycles. The van der Waals surface area contributed by atoms with E-state index in [9.17, 15) is 4.79 Å². The summed E-state index contributed by atoms with van der Waals surface area (Å²) in [4.78, 5) is 10.5. The van der Waals surface area contributed by atoms with Gasteiger partial charge in [0.1, 0.15) is 0 Å². The fourth-order valence-electron chi connectivity index (χ4n) is 0.580. The van der Waals surface area contributed by atoms with E-state index in [1.165, 1.54) is 11.8 Å². The molecule has 4 N–H and O–H groups in total. The molecule has 0 saturated carbocycles. The van der Waals surface area contributed by atoms with Gasteiger partial charge in [-0.3, -0.25) is 4.79 Å². The molecule has 0 radical (unpaired) electrons. The van der Waals surface area contributed by atoms with Gasteiger partial charge in [-0.1, -0.05) is 11.8 Å². The molecule has 7 heteroatoms. The van der Waals surface area contributed by atoms with E-state index < -0.39 is 11.9 Å². The fourth-order valence-corrected chi connectivity index (χ4v) is 1.34. The number of carbonyl (C=O) groups excluding carboxylic acids is 1. The second-order valence-corrected chi connectivity index (χ2v) is 3.38. The predicted octanol–water partition coefficient (Wildman–Crippen LogP) is -0.717. The van der Waals surface area contributed by atoms with Crippen molar-refractivity contribution in [3.05, 3.63) is 5.89 Å². The molecule has 0 fully saturated rings. The van der Waals surface area contributed by atoms with Gasteiger partial charge in [0, 0.05) is 12.7 Å². The third-order valence-corrected chi connectivity index (χ3v) is 2.20. The highest BCUT2D eigenvalue weighted by Gasteiger charge is 2.11. The predicted molar refractivity (Wildman–Crippen MR) is 46.9 cm³/mol. The van der Waals surface area contributed by atoms with E-state index >= 15 is 0 Å². The minimum atomic E-state index is -0.683. The van der Waals surface area contributed by atoms with Crippen LogP contribution in [0.3, 0.4) is 0 Å². The van der Waals surface area contributed by atoms with E-state index in [0.717, 1.165) is 0 Å². The molecule has 0 spiro atoms. The SMILES string of the molecule is Cc1nnc(SCC(N)C(N)=O)o1. The Labute approximate surface area is 79.1 Å². The maximum atomic E-state index is 10.5. The number of thioether (sulfide) groups is 1. The monoisotopic (exact) mass is 202 g/mol. The Bertz CT molecular complexity index is 301. The highest BCUT2D eigenvalue weighted by atomic mass is 32.2. The van der Waals surface area contributed by atoms with Gasteiger partial charge in [0.25, 0.3) is 5.22 Å². The molecule has 13 heavy (non-hydrogen) atoms. The first kappa shape index (κ1) is 10.0. The normalized spacial score (nSPS) is 12.8. The van der Waals surface area contributed by atoms with Crippen molar-refractivity contribution >= 4 is 17.7 Å². The average Bonchev–Trinajstić information content (AvgIpc) is 2.47. The third-order valence-electron chi connectivity index (χ3n) is 1.26. The lowest BCUT2D eigenvalue weighted by Crippen LogP contribution is -2.38. The number of hydrogen-bond donors (Lipinski definition) is 2. The first-order chi connectivity index (χ1) is 6.09. The number of aryl methyl sites for hydroxylation is 1. The molecule has 0 bridgehead atoms. The molecule has 1 unspecified atom stereocenters. The van der Waals surface area contributed by atoms with E-state index in [2.05, 4.69) is 10.2 Å². The molecule has 0 aliphatic rings. The molecule has 1 heterocycles. The van der Waals surface area contributed by atoms with E-state index in [1.807, 2.05) is 0 Å². The van der Waals surface area contributed by atoms with Crippen molar-refractivity contribution in [2.24, 2.45) is 11.5 Å². The van der Waals surface area contributed by atoms with Crippen molar-refractivity contribution in [2.45, 2.75) is 18.2 Å². The number of primary amides is 1. The topological polar surface area (TPSA) is 108 Å². The Kier molecular flexibility index (Phi) is 3.26. The number of amides is 1. The summed E-state index contributed by atoms with van der Waals surface area (Å²) >= 11 is 1.21. The largest absolute Gasteiger partial charge is 0.416 e. The Morgan fingerprint density at radius 1 is 1.69 bits per heavy atom. The highest BCUT2D eigenvalue weighted by molar-refractivity contribution is 7.99. The van der Waals surface area contributed by atoms with Crippen LogP contribution in [-0.4, -0.2) is 27.9 Å². The van der Waals surface area contributed by atoms with Crippen LogP contribution in [0.5, 0.6) is 0 Å². The minimum Gasteiger partial charge on any atom is -0.416 e. The molecule has 1 amide bonds.